The van der Waals surface area contributed by atoms with Crippen molar-refractivity contribution in [3.05, 3.63) is 100 Å². The zero-order valence-electron chi connectivity index (χ0n) is 15.5. The summed E-state index contributed by atoms with van der Waals surface area (Å²) >= 11 is 6.49. The van der Waals surface area contributed by atoms with Crippen molar-refractivity contribution in [1.82, 2.24) is 0 Å². The Morgan fingerprint density at radius 2 is 1.73 bits per heavy atom. The first kappa shape index (κ1) is 20.3. The minimum absolute atomic E-state index is 0.295. The second-order valence-electron chi connectivity index (χ2n) is 6.48. The molecule has 0 saturated carbocycles. The van der Waals surface area contributed by atoms with Crippen LogP contribution in [0, 0.1) is 11.6 Å². The molecule has 3 aromatic rings. The van der Waals surface area contributed by atoms with Gasteiger partial charge in [0.2, 0.25) is 0 Å². The van der Waals surface area contributed by atoms with E-state index in [-0.39, 0.29) is 11.7 Å². The Morgan fingerprint density at radius 3 is 2.50 bits per heavy atom. The highest BCUT2D eigenvalue weighted by molar-refractivity contribution is 8.27. The maximum atomic E-state index is 13.5. The number of carbonyl (C=O) groups is 1. The van der Waals surface area contributed by atoms with E-state index in [9.17, 15) is 13.6 Å². The predicted octanol–water partition coefficient (Wildman–Crippen LogP) is 5.95. The van der Waals surface area contributed by atoms with Crippen molar-refractivity contribution in [2.75, 3.05) is 4.90 Å². The van der Waals surface area contributed by atoms with Crippen LogP contribution >= 0.6 is 24.0 Å². The van der Waals surface area contributed by atoms with Gasteiger partial charge in [-0.2, -0.15) is 0 Å². The molecule has 1 aliphatic heterocycles. The molecule has 4 rings (SSSR count). The summed E-state index contributed by atoms with van der Waals surface area (Å²) in [5.41, 5.74) is 2.02. The summed E-state index contributed by atoms with van der Waals surface area (Å²) < 4.78 is 32.7. The normalized spacial score (nSPS) is 15.1. The summed E-state index contributed by atoms with van der Waals surface area (Å²) in [7, 11) is 0. The Morgan fingerprint density at radius 1 is 0.967 bits per heavy atom. The topological polar surface area (TPSA) is 29.5 Å². The molecule has 0 atom stereocenters. The zero-order valence-corrected chi connectivity index (χ0v) is 17.2. The van der Waals surface area contributed by atoms with Gasteiger partial charge in [-0.1, -0.05) is 54.3 Å². The van der Waals surface area contributed by atoms with Gasteiger partial charge in [-0.3, -0.25) is 9.69 Å². The summed E-state index contributed by atoms with van der Waals surface area (Å²) in [5, 5.41) is 0. The van der Waals surface area contributed by atoms with Crippen molar-refractivity contribution in [1.29, 1.82) is 0 Å². The van der Waals surface area contributed by atoms with E-state index < -0.39 is 5.82 Å². The fourth-order valence-electron chi connectivity index (χ4n) is 2.90. The number of carbonyl (C=O) groups excluding carboxylic acids is 1. The molecule has 150 valence electrons. The fourth-order valence-corrected chi connectivity index (χ4v) is 4.20. The molecule has 0 spiro atoms. The monoisotopic (exact) mass is 439 g/mol. The minimum Gasteiger partial charge on any atom is -0.489 e. The number of nitrogens with zero attached hydrogens (tertiary/aromatic N) is 1. The van der Waals surface area contributed by atoms with Gasteiger partial charge in [-0.05, 0) is 59.7 Å². The summed E-state index contributed by atoms with van der Waals surface area (Å²) in [6.07, 6.45) is 1.73. The average molecular weight is 440 g/mol. The van der Waals surface area contributed by atoms with Crippen LogP contribution in [0.5, 0.6) is 5.75 Å². The van der Waals surface area contributed by atoms with Gasteiger partial charge in [-0.25, -0.2) is 8.78 Å². The van der Waals surface area contributed by atoms with E-state index in [4.69, 9.17) is 17.0 Å². The molecule has 1 aliphatic rings. The van der Waals surface area contributed by atoms with Gasteiger partial charge >= 0.3 is 0 Å². The van der Waals surface area contributed by atoms with Crippen LogP contribution in [0.3, 0.4) is 0 Å². The van der Waals surface area contributed by atoms with Gasteiger partial charge in [0, 0.05) is 0 Å². The highest BCUT2D eigenvalue weighted by Gasteiger charge is 2.33. The van der Waals surface area contributed by atoms with Gasteiger partial charge < -0.3 is 4.74 Å². The van der Waals surface area contributed by atoms with Gasteiger partial charge in [-0.15, -0.1) is 0 Å². The molecule has 0 radical (unpaired) electrons. The molecular weight excluding hydrogens is 424 g/mol. The predicted molar refractivity (Wildman–Crippen MR) is 119 cm³/mol. The molecule has 3 nitrogen and oxygen atoms in total. The first-order valence-corrected chi connectivity index (χ1v) is 10.2. The number of rotatable bonds is 5. The lowest BCUT2D eigenvalue weighted by Crippen LogP contribution is -2.27. The van der Waals surface area contributed by atoms with Crippen LogP contribution in [0.2, 0.25) is 0 Å². The first-order chi connectivity index (χ1) is 14.5. The van der Waals surface area contributed by atoms with Crippen molar-refractivity contribution < 1.29 is 18.3 Å². The van der Waals surface area contributed by atoms with Crippen LogP contribution < -0.4 is 9.64 Å². The van der Waals surface area contributed by atoms with Gasteiger partial charge in [0.15, 0.2) is 4.32 Å². The number of anilines is 1. The molecule has 0 bridgehead atoms. The van der Waals surface area contributed by atoms with Crippen LogP contribution in [0.4, 0.5) is 14.5 Å². The lowest BCUT2D eigenvalue weighted by molar-refractivity contribution is -0.113. The summed E-state index contributed by atoms with van der Waals surface area (Å²) in [4.78, 5) is 14.6. The Bertz CT molecular complexity index is 1150. The van der Waals surface area contributed by atoms with E-state index in [1.807, 2.05) is 12.1 Å². The van der Waals surface area contributed by atoms with Crippen molar-refractivity contribution in [2.24, 2.45) is 0 Å². The van der Waals surface area contributed by atoms with Crippen molar-refractivity contribution >= 4 is 46.0 Å². The third kappa shape index (κ3) is 4.58. The fraction of sp³-hybridized carbons (Fsp3) is 0.0435. The number of hydrogen-bond donors (Lipinski definition) is 0. The quantitative estimate of drug-likeness (QED) is 0.363. The van der Waals surface area contributed by atoms with E-state index in [1.54, 1.807) is 36.4 Å². The molecule has 3 aromatic carbocycles. The third-order valence-corrected chi connectivity index (χ3v) is 5.64. The molecule has 1 fully saturated rings. The Labute approximate surface area is 182 Å². The van der Waals surface area contributed by atoms with Crippen molar-refractivity contribution in [3.63, 3.8) is 0 Å². The smallest absolute Gasteiger partial charge is 0.270 e. The molecule has 30 heavy (non-hydrogen) atoms. The number of benzene rings is 3. The van der Waals surface area contributed by atoms with Crippen LogP contribution in [0.25, 0.3) is 6.08 Å². The van der Waals surface area contributed by atoms with Crippen LogP contribution in [-0.2, 0) is 11.4 Å². The molecule has 0 aliphatic carbocycles. The van der Waals surface area contributed by atoms with Gasteiger partial charge in [0.05, 0.1) is 10.6 Å². The number of amides is 1. The largest absolute Gasteiger partial charge is 0.489 e. The Kier molecular flexibility index (Phi) is 5.92. The molecule has 1 heterocycles. The Hall–Kier alpha value is -3.03. The number of ether oxygens (including phenoxy) is 1. The standard InChI is InChI=1S/C23H15F2NO2S2/c24-17-9-7-15(8-10-17)14-28-20-6-1-3-16(11-20)12-21-22(27)26(23(29)30-21)19-5-2-4-18(25)13-19/h1-13H,14H2/b21-12+. The summed E-state index contributed by atoms with van der Waals surface area (Å²) in [6, 6.07) is 19.1. The lowest BCUT2D eigenvalue weighted by Gasteiger charge is -2.14. The first-order valence-electron chi connectivity index (χ1n) is 9.00. The second-order valence-corrected chi connectivity index (χ2v) is 8.16. The SMILES string of the molecule is O=C1/C(=C\c2cccc(OCc3ccc(F)cc3)c2)SC(=S)N1c1cccc(F)c1. The highest BCUT2D eigenvalue weighted by Crippen LogP contribution is 2.36. The maximum Gasteiger partial charge on any atom is 0.270 e. The Balaban J connectivity index is 1.50. The van der Waals surface area contributed by atoms with Gasteiger partial charge in [0.1, 0.15) is 24.0 Å². The van der Waals surface area contributed by atoms with E-state index in [0.29, 0.717) is 27.3 Å². The number of thiocarbonyl (C=S) groups is 1. The number of thioether (sulfide) groups is 1. The van der Waals surface area contributed by atoms with Gasteiger partial charge in [0.25, 0.3) is 5.91 Å². The van der Waals surface area contributed by atoms with E-state index in [0.717, 1.165) is 22.9 Å². The van der Waals surface area contributed by atoms with Crippen LogP contribution in [0.1, 0.15) is 11.1 Å². The number of halogens is 2. The van der Waals surface area contributed by atoms with E-state index >= 15 is 0 Å². The lowest BCUT2D eigenvalue weighted by atomic mass is 10.2. The van der Waals surface area contributed by atoms with E-state index in [1.165, 1.54) is 35.2 Å². The van der Waals surface area contributed by atoms with Crippen molar-refractivity contribution in [3.8, 4) is 5.75 Å². The molecule has 1 amide bonds. The minimum atomic E-state index is -0.434. The molecule has 0 unspecified atom stereocenters. The third-order valence-electron chi connectivity index (χ3n) is 4.33. The molecule has 1 saturated heterocycles. The highest BCUT2D eigenvalue weighted by atomic mass is 32.2. The molecular formula is C23H15F2NO2S2. The van der Waals surface area contributed by atoms with Crippen LogP contribution in [0.15, 0.2) is 77.7 Å². The number of hydrogen-bond acceptors (Lipinski definition) is 4. The molecule has 7 heteroatoms. The zero-order chi connectivity index (χ0) is 21.1. The van der Waals surface area contributed by atoms with Crippen LogP contribution in [-0.4, -0.2) is 10.2 Å². The molecule has 0 aromatic heterocycles. The maximum absolute atomic E-state index is 13.5. The van der Waals surface area contributed by atoms with E-state index in [2.05, 4.69) is 0 Å². The average Bonchev–Trinajstić information content (AvgIpc) is 3.01. The summed E-state index contributed by atoms with van der Waals surface area (Å²) in [6.45, 7) is 0.297. The molecule has 0 N–H and O–H groups in total. The summed E-state index contributed by atoms with van der Waals surface area (Å²) in [5.74, 6) is -0.408. The van der Waals surface area contributed by atoms with Crippen molar-refractivity contribution in [2.45, 2.75) is 6.61 Å². The second kappa shape index (κ2) is 8.77.